The molecule has 0 fully saturated rings. The van der Waals surface area contributed by atoms with Crippen LogP contribution in [0, 0.1) is 0 Å². The summed E-state index contributed by atoms with van der Waals surface area (Å²) >= 11 is 7.36. The Morgan fingerprint density at radius 2 is 1.75 bits per heavy atom. The summed E-state index contributed by atoms with van der Waals surface area (Å²) in [5.74, 6) is 0.852. The molecule has 0 aliphatic carbocycles. The van der Waals surface area contributed by atoms with E-state index in [9.17, 15) is 9.59 Å². The number of aromatic nitrogens is 1. The molecule has 0 saturated carbocycles. The molecule has 1 unspecified atom stereocenters. The lowest BCUT2D eigenvalue weighted by Crippen LogP contribution is -2.39. The Hall–Kier alpha value is -3.94. The third kappa shape index (κ3) is 4.63. The van der Waals surface area contributed by atoms with E-state index < -0.39 is 12.0 Å². The van der Waals surface area contributed by atoms with Crippen molar-refractivity contribution in [3.8, 4) is 11.5 Å². The van der Waals surface area contributed by atoms with Gasteiger partial charge in [-0.3, -0.25) is 9.36 Å². The number of esters is 1. The van der Waals surface area contributed by atoms with E-state index in [0.717, 1.165) is 16.9 Å². The number of benzene rings is 3. The zero-order valence-corrected chi connectivity index (χ0v) is 21.0. The smallest absolute Gasteiger partial charge is 0.338 e. The highest BCUT2D eigenvalue weighted by atomic mass is 35.5. The number of carbonyl (C=O) groups is 1. The minimum absolute atomic E-state index is 0.248. The number of hydrogen-bond donors (Lipinski definition) is 0. The number of carbonyl (C=O) groups excluding carboxylic acids is 1. The Balaban J connectivity index is 1.62. The Morgan fingerprint density at radius 3 is 2.47 bits per heavy atom. The summed E-state index contributed by atoms with van der Waals surface area (Å²) in [6.45, 7) is 1.75. The largest absolute Gasteiger partial charge is 0.466 e. The molecule has 2 heterocycles. The van der Waals surface area contributed by atoms with Crippen LogP contribution in [0.2, 0.25) is 5.02 Å². The van der Waals surface area contributed by atoms with E-state index >= 15 is 0 Å². The number of nitrogens with zero attached hydrogens (tertiary/aromatic N) is 2. The molecule has 0 saturated heterocycles. The predicted molar refractivity (Wildman–Crippen MR) is 140 cm³/mol. The van der Waals surface area contributed by atoms with Gasteiger partial charge in [0.25, 0.3) is 5.56 Å². The van der Waals surface area contributed by atoms with Crippen LogP contribution in [0.5, 0.6) is 11.5 Å². The van der Waals surface area contributed by atoms with E-state index in [-0.39, 0.29) is 5.56 Å². The lowest BCUT2D eigenvalue weighted by molar-refractivity contribution is -0.136. The quantitative estimate of drug-likeness (QED) is 0.355. The van der Waals surface area contributed by atoms with E-state index in [4.69, 9.17) is 21.1 Å². The van der Waals surface area contributed by atoms with Gasteiger partial charge in [0.2, 0.25) is 0 Å². The van der Waals surface area contributed by atoms with Crippen molar-refractivity contribution in [2.45, 2.75) is 13.0 Å². The molecule has 0 amide bonds. The van der Waals surface area contributed by atoms with Crippen LogP contribution in [-0.2, 0) is 9.53 Å². The Bertz CT molecular complexity index is 1650. The summed E-state index contributed by atoms with van der Waals surface area (Å²) in [4.78, 5) is 31.5. The van der Waals surface area contributed by atoms with Gasteiger partial charge in [0, 0.05) is 5.02 Å². The second kappa shape index (κ2) is 9.97. The van der Waals surface area contributed by atoms with Crippen LogP contribution in [0.4, 0.5) is 0 Å². The van der Waals surface area contributed by atoms with Crippen molar-refractivity contribution in [2.24, 2.45) is 4.99 Å². The number of hydrogen-bond acceptors (Lipinski definition) is 6. The monoisotopic (exact) mass is 516 g/mol. The summed E-state index contributed by atoms with van der Waals surface area (Å²) in [6, 6.07) is 23.4. The van der Waals surface area contributed by atoms with Crippen molar-refractivity contribution in [1.82, 2.24) is 4.57 Å². The average Bonchev–Trinajstić information content (AvgIpc) is 3.18. The minimum Gasteiger partial charge on any atom is -0.466 e. The molecular weight excluding hydrogens is 496 g/mol. The van der Waals surface area contributed by atoms with Gasteiger partial charge in [-0.15, -0.1) is 0 Å². The molecule has 6 nitrogen and oxygen atoms in total. The Morgan fingerprint density at radius 1 is 1.03 bits per heavy atom. The molecule has 5 rings (SSSR count). The first-order valence-electron chi connectivity index (χ1n) is 11.1. The maximum atomic E-state index is 13.7. The van der Waals surface area contributed by atoms with Gasteiger partial charge in [-0.25, -0.2) is 9.79 Å². The SMILES string of the molecule is COC(=O)C1=C(C)N=c2s/c(=C/c3cccc(Oc4ccccc4)c3)c(=O)n2C1c1ccc(Cl)cc1. The molecule has 180 valence electrons. The van der Waals surface area contributed by atoms with Crippen molar-refractivity contribution in [1.29, 1.82) is 0 Å². The summed E-state index contributed by atoms with van der Waals surface area (Å²) in [7, 11) is 1.32. The van der Waals surface area contributed by atoms with Crippen molar-refractivity contribution in [2.75, 3.05) is 7.11 Å². The summed E-state index contributed by atoms with van der Waals surface area (Å²) in [5.41, 5.74) is 2.12. The fraction of sp³-hybridized carbons (Fsp3) is 0.107. The first-order valence-corrected chi connectivity index (χ1v) is 12.3. The number of fused-ring (bicyclic) bond motifs is 1. The number of thiazole rings is 1. The third-order valence-corrected chi connectivity index (χ3v) is 6.98. The van der Waals surface area contributed by atoms with Crippen molar-refractivity contribution < 1.29 is 14.3 Å². The molecular formula is C28H21ClN2O4S. The van der Waals surface area contributed by atoms with E-state index in [1.165, 1.54) is 18.4 Å². The number of methoxy groups -OCH3 is 1. The van der Waals surface area contributed by atoms with Gasteiger partial charge < -0.3 is 9.47 Å². The summed E-state index contributed by atoms with van der Waals surface area (Å²) in [5, 5.41) is 0.559. The molecule has 1 atom stereocenters. The van der Waals surface area contributed by atoms with Gasteiger partial charge in [0.15, 0.2) is 4.80 Å². The number of ether oxygens (including phenoxy) is 2. The summed E-state index contributed by atoms with van der Waals surface area (Å²) < 4.78 is 13.0. The second-order valence-corrected chi connectivity index (χ2v) is 9.56. The number of allylic oxidation sites excluding steroid dienone is 1. The van der Waals surface area contributed by atoms with Gasteiger partial charge >= 0.3 is 5.97 Å². The number of rotatable bonds is 5. The molecule has 36 heavy (non-hydrogen) atoms. The van der Waals surface area contributed by atoms with Gasteiger partial charge in [0.1, 0.15) is 11.5 Å². The van der Waals surface area contributed by atoms with Gasteiger partial charge in [-0.05, 0) is 60.5 Å². The van der Waals surface area contributed by atoms with Crippen LogP contribution >= 0.6 is 22.9 Å². The lowest BCUT2D eigenvalue weighted by atomic mass is 9.96. The maximum Gasteiger partial charge on any atom is 0.338 e. The molecule has 1 aliphatic rings. The highest BCUT2D eigenvalue weighted by molar-refractivity contribution is 7.07. The molecule has 0 spiro atoms. The van der Waals surface area contributed by atoms with Crippen molar-refractivity contribution >= 4 is 35.0 Å². The fourth-order valence-electron chi connectivity index (χ4n) is 4.10. The molecule has 3 aromatic carbocycles. The standard InChI is InChI=1S/C28H21ClN2O4S/c1-17-24(27(33)34-2)25(19-11-13-20(29)14-12-19)31-26(32)23(36-28(31)30-17)16-18-7-6-10-22(15-18)35-21-8-4-3-5-9-21/h3-16,25H,1-2H3/b23-16+. The van der Waals surface area contributed by atoms with Crippen LogP contribution in [0.3, 0.4) is 0 Å². The van der Waals surface area contributed by atoms with Crippen LogP contribution in [0.25, 0.3) is 6.08 Å². The molecule has 4 aromatic rings. The molecule has 1 aliphatic heterocycles. The zero-order chi connectivity index (χ0) is 25.2. The van der Waals surface area contributed by atoms with Crippen LogP contribution in [0.15, 0.2) is 99.9 Å². The normalized spacial score (nSPS) is 15.3. The zero-order valence-electron chi connectivity index (χ0n) is 19.5. The van der Waals surface area contributed by atoms with E-state index in [0.29, 0.717) is 31.4 Å². The molecule has 0 bridgehead atoms. The third-order valence-electron chi connectivity index (χ3n) is 5.75. The van der Waals surface area contributed by atoms with Gasteiger partial charge in [0.05, 0.1) is 29.0 Å². The number of halogens is 1. The molecule has 1 aromatic heterocycles. The van der Waals surface area contributed by atoms with Gasteiger partial charge in [-0.2, -0.15) is 0 Å². The topological polar surface area (TPSA) is 69.9 Å². The Labute approximate surface area is 216 Å². The summed E-state index contributed by atoms with van der Waals surface area (Å²) in [6.07, 6.45) is 1.80. The predicted octanol–water partition coefficient (Wildman–Crippen LogP) is 4.85. The minimum atomic E-state index is -0.680. The van der Waals surface area contributed by atoms with Crippen molar-refractivity contribution in [3.63, 3.8) is 0 Å². The molecule has 0 N–H and O–H groups in total. The molecule has 0 radical (unpaired) electrons. The second-order valence-electron chi connectivity index (χ2n) is 8.11. The first-order chi connectivity index (χ1) is 17.4. The lowest BCUT2D eigenvalue weighted by Gasteiger charge is -2.24. The van der Waals surface area contributed by atoms with Crippen LogP contribution in [0.1, 0.15) is 24.1 Å². The van der Waals surface area contributed by atoms with E-state index in [1.807, 2.05) is 54.6 Å². The van der Waals surface area contributed by atoms with Crippen LogP contribution in [-0.4, -0.2) is 17.6 Å². The first kappa shape index (κ1) is 23.8. The van der Waals surface area contributed by atoms with Crippen LogP contribution < -0.4 is 19.6 Å². The van der Waals surface area contributed by atoms with Crippen molar-refractivity contribution in [3.05, 3.63) is 126 Å². The highest BCUT2D eigenvalue weighted by Crippen LogP contribution is 2.31. The fourth-order valence-corrected chi connectivity index (χ4v) is 5.27. The highest BCUT2D eigenvalue weighted by Gasteiger charge is 2.33. The maximum absolute atomic E-state index is 13.7. The van der Waals surface area contributed by atoms with E-state index in [2.05, 4.69) is 4.99 Å². The average molecular weight is 517 g/mol. The Kier molecular flexibility index (Phi) is 6.59. The number of para-hydroxylation sites is 1. The molecule has 8 heteroatoms. The van der Waals surface area contributed by atoms with E-state index in [1.54, 1.807) is 41.8 Å². The van der Waals surface area contributed by atoms with Gasteiger partial charge in [-0.1, -0.05) is 65.4 Å².